The lowest BCUT2D eigenvalue weighted by Gasteiger charge is -2.41. The molecule has 3 nitrogen and oxygen atoms in total. The topological polar surface area (TPSA) is 40.5 Å². The summed E-state index contributed by atoms with van der Waals surface area (Å²) in [7, 11) is 0. The number of hydrogen-bond donors (Lipinski definition) is 2. The quantitative estimate of drug-likeness (QED) is 0.423. The molecule has 0 radical (unpaired) electrons. The molecule has 76 valence electrons. The number of hydrogen-bond acceptors (Lipinski definition) is 2. The third-order valence-corrected chi connectivity index (χ3v) is 2.67. The van der Waals surface area contributed by atoms with Gasteiger partial charge in [0.25, 0.3) is 0 Å². The minimum atomic E-state index is -0.495. The maximum absolute atomic E-state index is 9.45. The largest absolute Gasteiger partial charge is 1.00 e. The predicted molar refractivity (Wildman–Crippen MR) is 44.7 cm³/mol. The lowest BCUT2D eigenvalue weighted by Crippen LogP contribution is -3.00. The van der Waals surface area contributed by atoms with E-state index in [1.807, 2.05) is 13.8 Å². The predicted octanol–water partition coefficient (Wildman–Crippen LogP) is -2.48. The van der Waals surface area contributed by atoms with E-state index < -0.39 is 12.5 Å². The first-order valence-electron chi connectivity index (χ1n) is 4.23. The Hall–Kier alpha value is 0.360. The molecule has 0 aromatic carbocycles. The van der Waals surface area contributed by atoms with E-state index >= 15 is 0 Å². The molecule has 0 saturated heterocycles. The van der Waals surface area contributed by atoms with Crippen LogP contribution in [0.25, 0.3) is 0 Å². The Morgan fingerprint density at radius 1 is 1.00 bits per heavy atom. The standard InChI is InChI=1S/C8H20NO2.BrH/c1-5-9(6-2,7(3)10)8(4)11;/h7-8,10-11H,5-6H2,1-4H3;1H/q+1;/p-1. The Kier molecular flexibility index (Phi) is 7.32. The third kappa shape index (κ3) is 2.69. The minimum absolute atomic E-state index is 0. The fourth-order valence-electron chi connectivity index (χ4n) is 1.59. The molecule has 4 heteroatoms. The Morgan fingerprint density at radius 3 is 1.25 bits per heavy atom. The van der Waals surface area contributed by atoms with Gasteiger partial charge in [-0.05, 0) is 13.8 Å². The van der Waals surface area contributed by atoms with Gasteiger partial charge in [0.2, 0.25) is 0 Å². The summed E-state index contributed by atoms with van der Waals surface area (Å²) in [6, 6.07) is 0. The summed E-state index contributed by atoms with van der Waals surface area (Å²) in [5, 5.41) is 18.9. The van der Waals surface area contributed by atoms with Gasteiger partial charge in [-0.3, -0.25) is 4.48 Å². The zero-order valence-corrected chi connectivity index (χ0v) is 9.87. The molecule has 2 atom stereocenters. The van der Waals surface area contributed by atoms with Crippen LogP contribution in [0.1, 0.15) is 27.7 Å². The van der Waals surface area contributed by atoms with Crippen LogP contribution in [-0.2, 0) is 0 Å². The summed E-state index contributed by atoms with van der Waals surface area (Å²) in [6.45, 7) is 8.91. The summed E-state index contributed by atoms with van der Waals surface area (Å²) in [6.07, 6.45) is -0.991. The number of aliphatic hydroxyl groups is 2. The molecule has 12 heavy (non-hydrogen) atoms. The van der Waals surface area contributed by atoms with Gasteiger partial charge in [0.1, 0.15) is 0 Å². The van der Waals surface area contributed by atoms with Crippen molar-refractivity contribution in [2.45, 2.75) is 40.2 Å². The van der Waals surface area contributed by atoms with E-state index in [9.17, 15) is 10.2 Å². The zero-order valence-electron chi connectivity index (χ0n) is 8.29. The van der Waals surface area contributed by atoms with Crippen molar-refractivity contribution in [2.24, 2.45) is 0 Å². The van der Waals surface area contributed by atoms with E-state index in [4.69, 9.17) is 0 Å². The molecule has 0 heterocycles. The van der Waals surface area contributed by atoms with Crippen LogP contribution in [0.15, 0.2) is 0 Å². The number of nitrogens with zero attached hydrogens (tertiary/aromatic N) is 1. The van der Waals surface area contributed by atoms with Crippen LogP contribution in [-0.4, -0.2) is 40.2 Å². The van der Waals surface area contributed by atoms with Crippen molar-refractivity contribution in [3.05, 3.63) is 0 Å². The van der Waals surface area contributed by atoms with Gasteiger partial charge >= 0.3 is 0 Å². The van der Waals surface area contributed by atoms with E-state index in [0.717, 1.165) is 13.1 Å². The van der Waals surface area contributed by atoms with Crippen molar-refractivity contribution in [1.29, 1.82) is 0 Å². The summed E-state index contributed by atoms with van der Waals surface area (Å²) in [5.74, 6) is 0. The molecular formula is C8H20BrNO2. The second-order valence-corrected chi connectivity index (χ2v) is 3.00. The van der Waals surface area contributed by atoms with Crippen molar-refractivity contribution < 1.29 is 31.7 Å². The van der Waals surface area contributed by atoms with Crippen LogP contribution in [0.5, 0.6) is 0 Å². The summed E-state index contributed by atoms with van der Waals surface area (Å²) < 4.78 is 0.361. The SMILES string of the molecule is CC[N+](CC)(C(C)O)C(C)O.[Br-]. The molecule has 2 unspecified atom stereocenters. The van der Waals surface area contributed by atoms with Crippen molar-refractivity contribution in [2.75, 3.05) is 13.1 Å². The summed E-state index contributed by atoms with van der Waals surface area (Å²) in [5.41, 5.74) is 0. The maximum Gasteiger partial charge on any atom is 0.189 e. The molecule has 0 aliphatic heterocycles. The Labute approximate surface area is 85.4 Å². The van der Waals surface area contributed by atoms with Crippen molar-refractivity contribution >= 4 is 0 Å². The van der Waals surface area contributed by atoms with Gasteiger partial charge in [-0.15, -0.1) is 0 Å². The minimum Gasteiger partial charge on any atom is -1.00 e. The van der Waals surface area contributed by atoms with Gasteiger partial charge in [0.15, 0.2) is 12.5 Å². The van der Waals surface area contributed by atoms with Crippen LogP contribution in [0.4, 0.5) is 0 Å². The summed E-state index contributed by atoms with van der Waals surface area (Å²) in [4.78, 5) is 0. The Morgan fingerprint density at radius 2 is 1.25 bits per heavy atom. The smallest absolute Gasteiger partial charge is 0.189 e. The highest BCUT2D eigenvalue weighted by Crippen LogP contribution is 2.15. The lowest BCUT2D eigenvalue weighted by atomic mass is 10.3. The average Bonchev–Trinajstić information content (AvgIpc) is 1.90. The molecule has 0 bridgehead atoms. The molecule has 2 N–H and O–H groups in total. The van der Waals surface area contributed by atoms with E-state index in [-0.39, 0.29) is 17.0 Å². The highest BCUT2D eigenvalue weighted by molar-refractivity contribution is 4.40. The number of halogens is 1. The van der Waals surface area contributed by atoms with Crippen molar-refractivity contribution in [1.82, 2.24) is 0 Å². The van der Waals surface area contributed by atoms with Gasteiger partial charge in [-0.25, -0.2) is 0 Å². The lowest BCUT2D eigenvalue weighted by molar-refractivity contribution is -1.00. The van der Waals surface area contributed by atoms with E-state index in [2.05, 4.69) is 0 Å². The molecule has 0 fully saturated rings. The fourth-order valence-corrected chi connectivity index (χ4v) is 1.59. The van der Waals surface area contributed by atoms with E-state index in [1.165, 1.54) is 0 Å². The molecule has 0 rings (SSSR count). The Balaban J connectivity index is 0. The van der Waals surface area contributed by atoms with Crippen molar-refractivity contribution in [3.8, 4) is 0 Å². The number of quaternary nitrogens is 1. The molecule has 0 aromatic rings. The van der Waals surface area contributed by atoms with Gasteiger partial charge in [-0.2, -0.15) is 0 Å². The average molecular weight is 242 g/mol. The van der Waals surface area contributed by atoms with Crippen LogP contribution in [0.2, 0.25) is 0 Å². The molecule has 0 saturated carbocycles. The first kappa shape index (κ1) is 14.9. The van der Waals surface area contributed by atoms with Crippen LogP contribution < -0.4 is 17.0 Å². The molecule has 0 amide bonds. The van der Waals surface area contributed by atoms with Gasteiger partial charge in [-0.1, -0.05) is 0 Å². The van der Waals surface area contributed by atoms with E-state index in [0.29, 0.717) is 4.48 Å². The number of rotatable bonds is 4. The number of aliphatic hydroxyl groups excluding tert-OH is 2. The normalized spacial score (nSPS) is 16.5. The maximum atomic E-state index is 9.45. The first-order chi connectivity index (χ1) is 5.01. The second-order valence-electron chi connectivity index (χ2n) is 3.00. The molecule has 0 aliphatic rings. The molecule has 0 aliphatic carbocycles. The van der Waals surface area contributed by atoms with Gasteiger partial charge in [0, 0.05) is 13.8 Å². The molecule has 0 spiro atoms. The fraction of sp³-hybridized carbons (Fsp3) is 1.00. The summed E-state index contributed by atoms with van der Waals surface area (Å²) >= 11 is 0. The van der Waals surface area contributed by atoms with Gasteiger partial charge < -0.3 is 27.2 Å². The molecular weight excluding hydrogens is 222 g/mol. The first-order valence-corrected chi connectivity index (χ1v) is 4.23. The van der Waals surface area contributed by atoms with Crippen LogP contribution in [0, 0.1) is 0 Å². The molecule has 0 aromatic heterocycles. The highest BCUT2D eigenvalue weighted by Gasteiger charge is 2.33. The highest BCUT2D eigenvalue weighted by atomic mass is 79.9. The van der Waals surface area contributed by atoms with E-state index in [1.54, 1.807) is 13.8 Å². The monoisotopic (exact) mass is 241 g/mol. The van der Waals surface area contributed by atoms with Crippen molar-refractivity contribution in [3.63, 3.8) is 0 Å². The van der Waals surface area contributed by atoms with Crippen LogP contribution in [0.3, 0.4) is 0 Å². The Bertz CT molecular complexity index is 104. The zero-order chi connectivity index (χ0) is 9.07. The second kappa shape index (κ2) is 5.91. The third-order valence-electron chi connectivity index (χ3n) is 2.67. The van der Waals surface area contributed by atoms with Crippen LogP contribution >= 0.6 is 0 Å². The van der Waals surface area contributed by atoms with Gasteiger partial charge in [0.05, 0.1) is 13.1 Å².